The van der Waals surface area contributed by atoms with Crippen molar-refractivity contribution in [2.24, 2.45) is 22.9 Å². The number of phenols is 2. The molecule has 82 heavy (non-hydrogen) atoms. The van der Waals surface area contributed by atoms with Crippen LogP contribution in [0.2, 0.25) is 5.02 Å². The summed E-state index contributed by atoms with van der Waals surface area (Å²) in [5, 5.41) is 59.2. The molecule has 0 saturated heterocycles. The molecule has 19 N–H and O–H groups in total. The summed E-state index contributed by atoms with van der Waals surface area (Å²) in [5.41, 5.74) is 25.6. The maximum atomic E-state index is 14.8. The first-order valence-electron chi connectivity index (χ1n) is 26.1. The van der Waals surface area contributed by atoms with Crippen LogP contribution in [0.1, 0.15) is 71.4 Å². The zero-order chi connectivity index (χ0) is 60.0. The highest BCUT2D eigenvalue weighted by Crippen LogP contribution is 2.16. The minimum atomic E-state index is -1.72. The Morgan fingerprint density at radius 3 is 1.45 bits per heavy atom. The largest absolute Gasteiger partial charge is 0.508 e. The van der Waals surface area contributed by atoms with Gasteiger partial charge in [-0.1, -0.05) is 65.3 Å². The molecule has 5 aromatic rings. The molecule has 9 amide bonds. The Hall–Kier alpha value is -8.98. The molecule has 26 nitrogen and oxygen atoms in total. The number of primary amides is 2. The van der Waals surface area contributed by atoms with E-state index in [1.807, 2.05) is 0 Å². The molecule has 4 aromatic carbocycles. The van der Waals surface area contributed by atoms with Crippen molar-refractivity contribution in [3.63, 3.8) is 0 Å². The number of aromatic nitrogens is 3. The number of halogens is 1. The van der Waals surface area contributed by atoms with Gasteiger partial charge in [0.1, 0.15) is 53.8 Å². The van der Waals surface area contributed by atoms with Crippen LogP contribution in [0.5, 0.6) is 11.5 Å². The summed E-state index contributed by atoms with van der Waals surface area (Å²) in [5.74, 6) is -8.06. The number of phenolic OH excluding ortho intramolecular Hbond substituents is 2. The topological polar surface area (TPSA) is 444 Å². The van der Waals surface area contributed by atoms with Crippen LogP contribution in [0, 0.1) is 0 Å². The molecule has 9 atom stereocenters. The summed E-state index contributed by atoms with van der Waals surface area (Å²) >= 11 is 6.03. The minimum absolute atomic E-state index is 0.0237. The van der Waals surface area contributed by atoms with E-state index in [9.17, 15) is 58.5 Å². The summed E-state index contributed by atoms with van der Waals surface area (Å²) in [4.78, 5) is 123. The Bertz CT molecular complexity index is 2970. The molecule has 0 fully saturated rings. The first kappa shape index (κ1) is 63.8. The van der Waals surface area contributed by atoms with Crippen LogP contribution in [-0.4, -0.2) is 145 Å². The van der Waals surface area contributed by atoms with Crippen LogP contribution in [0.15, 0.2) is 103 Å². The highest BCUT2D eigenvalue weighted by molar-refractivity contribution is 6.30. The Kier molecular flexibility index (Phi) is 24.2. The zero-order valence-electron chi connectivity index (χ0n) is 45.0. The van der Waals surface area contributed by atoms with Crippen molar-refractivity contribution >= 4 is 64.8 Å². The number of carbonyl (C=O) groups is 9. The van der Waals surface area contributed by atoms with E-state index < -0.39 is 108 Å². The summed E-state index contributed by atoms with van der Waals surface area (Å²) < 4.78 is 0. The van der Waals surface area contributed by atoms with Crippen molar-refractivity contribution in [2.45, 2.75) is 120 Å². The van der Waals surface area contributed by atoms with E-state index >= 15 is 0 Å². The third kappa shape index (κ3) is 20.3. The lowest BCUT2D eigenvalue weighted by atomic mass is 10.00. The number of aliphatic hydroxyl groups is 1. The van der Waals surface area contributed by atoms with Crippen LogP contribution in [-0.2, 0) is 70.5 Å². The van der Waals surface area contributed by atoms with Crippen molar-refractivity contribution in [3.05, 3.63) is 142 Å². The maximum absolute atomic E-state index is 14.8. The quantitative estimate of drug-likeness (QED) is 0.0218. The number of rotatable bonds is 31. The number of benzene rings is 4. The second-order valence-corrected chi connectivity index (χ2v) is 20.0. The van der Waals surface area contributed by atoms with Crippen LogP contribution < -0.4 is 60.2 Å². The fourth-order valence-corrected chi connectivity index (χ4v) is 8.44. The number of H-pyrrole nitrogens is 1. The van der Waals surface area contributed by atoms with E-state index in [0.717, 1.165) is 0 Å². The highest BCUT2D eigenvalue weighted by Gasteiger charge is 2.35. The Morgan fingerprint density at radius 1 is 0.537 bits per heavy atom. The molecule has 0 saturated carbocycles. The summed E-state index contributed by atoms with van der Waals surface area (Å²) in [6.07, 6.45) is -0.349. The number of aliphatic hydroxyl groups excluding tert-OH is 1. The predicted molar refractivity (Wildman–Crippen MR) is 298 cm³/mol. The van der Waals surface area contributed by atoms with E-state index in [0.29, 0.717) is 33.7 Å². The molecule has 27 heteroatoms. The predicted octanol–water partition coefficient (Wildman–Crippen LogP) is -1.78. The SMILES string of the molecule is CC(O)C(NC(=O)[C@H](CCCCN)NC(=O)[C@@H](Cc1ccc(C(N)=O)cc1)NC(=O)[C@H](Cc1ccc(O)cc1)NC(=O)[C@@H](Cc1c[nH]nn1)NC(=O)[C@@H](N)Cc1ccc(Cl)cc1)C(=O)N[C@@H](C)C(=O)N[C@H](Cc1ccc(O)cc1)C(N)=O. The van der Waals surface area contributed by atoms with E-state index in [2.05, 4.69) is 52.6 Å². The summed E-state index contributed by atoms with van der Waals surface area (Å²) in [6, 6.07) is 12.6. The van der Waals surface area contributed by atoms with Gasteiger partial charge in [0.25, 0.3) is 0 Å². The van der Waals surface area contributed by atoms with E-state index in [1.54, 1.807) is 24.3 Å². The fraction of sp³-hybridized carbons (Fsp3) is 0.364. The molecule has 0 spiro atoms. The van der Waals surface area contributed by atoms with E-state index in [-0.39, 0.29) is 74.2 Å². The van der Waals surface area contributed by atoms with Crippen molar-refractivity contribution < 1.29 is 58.5 Å². The summed E-state index contributed by atoms with van der Waals surface area (Å²) in [6.45, 7) is 2.68. The number of aromatic hydroxyl groups is 2. The van der Waals surface area contributed by atoms with Crippen LogP contribution in [0.25, 0.3) is 0 Å². The summed E-state index contributed by atoms with van der Waals surface area (Å²) in [7, 11) is 0. The number of carbonyl (C=O) groups excluding carboxylic acids is 9. The number of unbranched alkanes of at least 4 members (excludes halogenated alkanes) is 1. The number of hydrogen-bond donors (Lipinski definition) is 15. The average Bonchev–Trinajstić information content (AvgIpc) is 3.96. The molecule has 0 aliphatic carbocycles. The van der Waals surface area contributed by atoms with Gasteiger partial charge in [-0.25, -0.2) is 0 Å². The van der Waals surface area contributed by atoms with Gasteiger partial charge in [0.15, 0.2) is 0 Å². The van der Waals surface area contributed by atoms with Gasteiger partial charge in [-0.05, 0) is 117 Å². The molecule has 1 heterocycles. The van der Waals surface area contributed by atoms with Crippen molar-refractivity contribution in [2.75, 3.05) is 6.54 Å². The maximum Gasteiger partial charge on any atom is 0.248 e. The molecule has 0 aliphatic heterocycles. The number of aromatic amines is 1. The third-order valence-electron chi connectivity index (χ3n) is 13.0. The lowest BCUT2D eigenvalue weighted by molar-refractivity contribution is -0.136. The number of nitrogens with zero attached hydrogens (tertiary/aromatic N) is 2. The smallest absolute Gasteiger partial charge is 0.248 e. The first-order valence-corrected chi connectivity index (χ1v) is 26.5. The van der Waals surface area contributed by atoms with Gasteiger partial charge in [0, 0.05) is 42.5 Å². The molecule has 0 bridgehead atoms. The Morgan fingerprint density at radius 2 is 0.976 bits per heavy atom. The molecule has 2 unspecified atom stereocenters. The first-order chi connectivity index (χ1) is 39.0. The van der Waals surface area contributed by atoms with Crippen LogP contribution in [0.4, 0.5) is 0 Å². The number of nitrogens with two attached hydrogens (primary N) is 4. The fourth-order valence-electron chi connectivity index (χ4n) is 8.31. The second-order valence-electron chi connectivity index (χ2n) is 19.6. The molecule has 0 radical (unpaired) electrons. The average molecular weight is 1150 g/mol. The Labute approximate surface area is 476 Å². The molecular formula is C55H69ClN14O12. The van der Waals surface area contributed by atoms with E-state index in [4.69, 9.17) is 34.5 Å². The third-order valence-corrected chi connectivity index (χ3v) is 13.2. The molecule has 0 aliphatic rings. The minimum Gasteiger partial charge on any atom is -0.508 e. The molecule has 5 rings (SSSR count). The number of hydrogen-bond acceptors (Lipinski definition) is 16. The molecular weight excluding hydrogens is 1080 g/mol. The van der Waals surface area contributed by atoms with Crippen molar-refractivity contribution in [1.82, 2.24) is 52.6 Å². The van der Waals surface area contributed by atoms with Crippen LogP contribution in [0.3, 0.4) is 0 Å². The molecule has 438 valence electrons. The van der Waals surface area contributed by atoms with E-state index in [1.165, 1.54) is 92.8 Å². The zero-order valence-corrected chi connectivity index (χ0v) is 45.7. The van der Waals surface area contributed by atoms with Gasteiger partial charge >= 0.3 is 0 Å². The second kappa shape index (κ2) is 31.1. The number of amides is 9. The van der Waals surface area contributed by atoms with Crippen molar-refractivity contribution in [1.29, 1.82) is 0 Å². The van der Waals surface area contributed by atoms with Gasteiger partial charge in [-0.2, -0.15) is 0 Å². The number of nitrogens with one attached hydrogen (secondary N) is 8. The highest BCUT2D eigenvalue weighted by atomic mass is 35.5. The normalized spacial score (nSPS) is 14.4. The lowest BCUT2D eigenvalue weighted by Gasteiger charge is -2.28. The van der Waals surface area contributed by atoms with Crippen LogP contribution >= 0.6 is 11.6 Å². The monoisotopic (exact) mass is 1150 g/mol. The van der Waals surface area contributed by atoms with Crippen molar-refractivity contribution in [3.8, 4) is 11.5 Å². The van der Waals surface area contributed by atoms with Gasteiger partial charge in [-0.3, -0.25) is 48.2 Å². The van der Waals surface area contributed by atoms with Gasteiger partial charge in [0.2, 0.25) is 53.2 Å². The lowest BCUT2D eigenvalue weighted by Crippen LogP contribution is -2.62. The molecule has 1 aromatic heterocycles. The van der Waals surface area contributed by atoms with Gasteiger partial charge in [-0.15, -0.1) is 5.10 Å². The standard InChI is InChI=1S/C55H69ClN14O12/c1-29(49(76)64-42(48(60)75)24-33-10-18-38(72)19-11-33)62-55(82)46(30(2)71)68-51(78)41(5-3-4-22-57)63-52(79)43(25-32-6-14-35(15-7-32)47(59)74)66-53(80)44(26-34-12-20-39(73)21-13-34)67-54(81)45(27-37-28-61-70-69-37)65-50(77)40(58)23-31-8-16-36(56)17-9-31/h6-21,28-30,40-46,71-73H,3-5,22-27,57-58H2,1-2H3,(H2,59,74)(H2,60,75)(H,62,82)(H,63,79)(H,64,76)(H,65,77)(H,66,80)(H,67,81)(H,68,78)(H,61,69,70)/t29-,30?,40-,41-,42+,43+,44-,45+,46?/m0/s1. The Balaban J connectivity index is 1.39. The van der Waals surface area contributed by atoms with Gasteiger partial charge < -0.3 is 75.5 Å². The van der Waals surface area contributed by atoms with Gasteiger partial charge in [0.05, 0.1) is 17.8 Å².